The normalized spacial score (nSPS) is 17.3. The summed E-state index contributed by atoms with van der Waals surface area (Å²) < 4.78 is 0. The van der Waals surface area contributed by atoms with Crippen molar-refractivity contribution in [1.29, 1.82) is 0 Å². The standard InChI is InChI=1S/C14H22ClN3/c1-2-8-12-13(15)16-11-17-14(12)18-9-6-4-3-5-7-10-18/h11H,2-10H2,1H3. The molecule has 0 saturated carbocycles. The Kier molecular flexibility index (Phi) is 5.24. The highest BCUT2D eigenvalue weighted by atomic mass is 35.5. The van der Waals surface area contributed by atoms with Crippen molar-refractivity contribution < 1.29 is 0 Å². The van der Waals surface area contributed by atoms with E-state index in [1.807, 2.05) is 0 Å². The molecule has 100 valence electrons. The van der Waals surface area contributed by atoms with Gasteiger partial charge in [0.2, 0.25) is 0 Å². The van der Waals surface area contributed by atoms with Crippen molar-refractivity contribution >= 4 is 17.4 Å². The van der Waals surface area contributed by atoms with Gasteiger partial charge in [0.15, 0.2) is 0 Å². The van der Waals surface area contributed by atoms with E-state index in [0.29, 0.717) is 5.15 Å². The molecule has 1 aromatic heterocycles. The Morgan fingerprint density at radius 3 is 2.44 bits per heavy atom. The van der Waals surface area contributed by atoms with E-state index in [1.165, 1.54) is 32.1 Å². The Labute approximate surface area is 115 Å². The maximum atomic E-state index is 6.22. The minimum absolute atomic E-state index is 0.629. The SMILES string of the molecule is CCCc1c(Cl)ncnc1N1CCCCCCC1. The molecule has 0 aromatic carbocycles. The number of halogens is 1. The summed E-state index contributed by atoms with van der Waals surface area (Å²) in [5.74, 6) is 1.07. The van der Waals surface area contributed by atoms with Crippen LogP contribution in [-0.2, 0) is 6.42 Å². The summed E-state index contributed by atoms with van der Waals surface area (Å²) in [4.78, 5) is 11.0. The minimum Gasteiger partial charge on any atom is -0.356 e. The monoisotopic (exact) mass is 267 g/mol. The zero-order chi connectivity index (χ0) is 12.8. The van der Waals surface area contributed by atoms with Crippen LogP contribution in [0, 0.1) is 0 Å². The van der Waals surface area contributed by atoms with Gasteiger partial charge in [0.1, 0.15) is 17.3 Å². The molecule has 1 aliphatic heterocycles. The van der Waals surface area contributed by atoms with Gasteiger partial charge in [-0.25, -0.2) is 9.97 Å². The van der Waals surface area contributed by atoms with E-state index in [0.717, 1.165) is 37.3 Å². The lowest BCUT2D eigenvalue weighted by Gasteiger charge is -2.27. The summed E-state index contributed by atoms with van der Waals surface area (Å²) in [6, 6.07) is 0. The van der Waals surface area contributed by atoms with Crippen molar-refractivity contribution in [2.45, 2.75) is 51.9 Å². The summed E-state index contributed by atoms with van der Waals surface area (Å²) in [5, 5.41) is 0.629. The molecule has 1 fully saturated rings. The number of aromatic nitrogens is 2. The molecule has 0 aliphatic carbocycles. The fourth-order valence-corrected chi connectivity index (χ4v) is 2.80. The van der Waals surface area contributed by atoms with Crippen LogP contribution in [0.15, 0.2) is 6.33 Å². The van der Waals surface area contributed by atoms with E-state index in [-0.39, 0.29) is 0 Å². The molecule has 2 rings (SSSR count). The highest BCUT2D eigenvalue weighted by Gasteiger charge is 2.16. The van der Waals surface area contributed by atoms with Crippen LogP contribution in [0.4, 0.5) is 5.82 Å². The number of nitrogens with zero attached hydrogens (tertiary/aromatic N) is 3. The second kappa shape index (κ2) is 6.93. The Bertz CT molecular complexity index is 373. The van der Waals surface area contributed by atoms with Crippen molar-refractivity contribution in [2.24, 2.45) is 0 Å². The van der Waals surface area contributed by atoms with E-state index < -0.39 is 0 Å². The quantitative estimate of drug-likeness (QED) is 0.779. The molecule has 0 radical (unpaired) electrons. The second-order valence-electron chi connectivity index (χ2n) is 4.97. The lowest BCUT2D eigenvalue weighted by Crippen LogP contribution is -2.29. The molecule has 0 N–H and O–H groups in total. The van der Waals surface area contributed by atoms with Gasteiger partial charge in [-0.3, -0.25) is 0 Å². The number of hydrogen-bond donors (Lipinski definition) is 0. The first kappa shape index (κ1) is 13.6. The van der Waals surface area contributed by atoms with Crippen molar-refractivity contribution in [3.63, 3.8) is 0 Å². The van der Waals surface area contributed by atoms with Crippen LogP contribution in [0.25, 0.3) is 0 Å². The smallest absolute Gasteiger partial charge is 0.137 e. The van der Waals surface area contributed by atoms with Gasteiger partial charge < -0.3 is 4.90 Å². The third-order valence-electron chi connectivity index (χ3n) is 3.53. The molecule has 2 heterocycles. The van der Waals surface area contributed by atoms with Crippen LogP contribution in [0.5, 0.6) is 0 Å². The van der Waals surface area contributed by atoms with Gasteiger partial charge in [0.25, 0.3) is 0 Å². The molecule has 0 bridgehead atoms. The molecule has 3 nitrogen and oxygen atoms in total. The summed E-state index contributed by atoms with van der Waals surface area (Å²) in [6.07, 6.45) is 10.2. The van der Waals surface area contributed by atoms with Crippen molar-refractivity contribution in [3.05, 3.63) is 17.0 Å². The molecule has 1 aromatic rings. The van der Waals surface area contributed by atoms with Crippen LogP contribution >= 0.6 is 11.6 Å². The molecular weight excluding hydrogens is 246 g/mol. The largest absolute Gasteiger partial charge is 0.356 e. The minimum atomic E-state index is 0.629. The van der Waals surface area contributed by atoms with E-state index >= 15 is 0 Å². The van der Waals surface area contributed by atoms with Gasteiger partial charge in [0.05, 0.1) is 0 Å². The first-order chi connectivity index (χ1) is 8.83. The number of anilines is 1. The summed E-state index contributed by atoms with van der Waals surface area (Å²) in [5.41, 5.74) is 1.13. The van der Waals surface area contributed by atoms with Crippen LogP contribution in [0.1, 0.15) is 51.0 Å². The summed E-state index contributed by atoms with van der Waals surface area (Å²) >= 11 is 6.22. The van der Waals surface area contributed by atoms with Crippen LogP contribution in [0.2, 0.25) is 5.15 Å². The maximum Gasteiger partial charge on any atom is 0.137 e. The van der Waals surface area contributed by atoms with Gasteiger partial charge in [-0.1, -0.05) is 44.2 Å². The van der Waals surface area contributed by atoms with Crippen LogP contribution < -0.4 is 4.90 Å². The van der Waals surface area contributed by atoms with Gasteiger partial charge in [-0.05, 0) is 19.3 Å². The molecular formula is C14H22ClN3. The molecule has 0 atom stereocenters. The van der Waals surface area contributed by atoms with E-state index in [4.69, 9.17) is 11.6 Å². The number of hydrogen-bond acceptors (Lipinski definition) is 3. The Morgan fingerprint density at radius 2 is 1.78 bits per heavy atom. The predicted octanol–water partition coefficient (Wildman–Crippen LogP) is 3.85. The third-order valence-corrected chi connectivity index (χ3v) is 3.85. The van der Waals surface area contributed by atoms with Crippen molar-refractivity contribution in [3.8, 4) is 0 Å². The third kappa shape index (κ3) is 3.35. The first-order valence-electron chi connectivity index (χ1n) is 7.07. The maximum absolute atomic E-state index is 6.22. The fourth-order valence-electron chi connectivity index (χ4n) is 2.58. The summed E-state index contributed by atoms with van der Waals surface area (Å²) in [7, 11) is 0. The van der Waals surface area contributed by atoms with Gasteiger partial charge in [0, 0.05) is 18.7 Å². The fraction of sp³-hybridized carbons (Fsp3) is 0.714. The highest BCUT2D eigenvalue weighted by molar-refractivity contribution is 6.30. The summed E-state index contributed by atoms with van der Waals surface area (Å²) in [6.45, 7) is 4.37. The van der Waals surface area contributed by atoms with E-state index in [2.05, 4.69) is 21.8 Å². The molecule has 1 aliphatic rings. The van der Waals surface area contributed by atoms with E-state index in [9.17, 15) is 0 Å². The van der Waals surface area contributed by atoms with E-state index in [1.54, 1.807) is 6.33 Å². The van der Waals surface area contributed by atoms with Crippen LogP contribution in [0.3, 0.4) is 0 Å². The molecule has 1 saturated heterocycles. The molecule has 4 heteroatoms. The van der Waals surface area contributed by atoms with Crippen molar-refractivity contribution in [1.82, 2.24) is 9.97 Å². The second-order valence-corrected chi connectivity index (χ2v) is 5.33. The Balaban J connectivity index is 2.21. The average molecular weight is 268 g/mol. The lowest BCUT2D eigenvalue weighted by atomic mass is 10.1. The Hall–Kier alpha value is -0.830. The average Bonchev–Trinajstić information content (AvgIpc) is 2.32. The molecule has 0 spiro atoms. The highest BCUT2D eigenvalue weighted by Crippen LogP contribution is 2.26. The zero-order valence-electron chi connectivity index (χ0n) is 11.2. The van der Waals surface area contributed by atoms with Crippen LogP contribution in [-0.4, -0.2) is 23.1 Å². The molecule has 0 unspecified atom stereocenters. The van der Waals surface area contributed by atoms with Crippen molar-refractivity contribution in [2.75, 3.05) is 18.0 Å². The van der Waals surface area contributed by atoms with Gasteiger partial charge >= 0.3 is 0 Å². The number of rotatable bonds is 3. The first-order valence-corrected chi connectivity index (χ1v) is 7.45. The predicted molar refractivity (Wildman–Crippen MR) is 76.3 cm³/mol. The zero-order valence-corrected chi connectivity index (χ0v) is 11.9. The Morgan fingerprint density at radius 1 is 1.11 bits per heavy atom. The molecule has 18 heavy (non-hydrogen) atoms. The molecule has 0 amide bonds. The lowest BCUT2D eigenvalue weighted by molar-refractivity contribution is 0.552. The topological polar surface area (TPSA) is 29.0 Å². The van der Waals surface area contributed by atoms with Gasteiger partial charge in [-0.15, -0.1) is 0 Å². The van der Waals surface area contributed by atoms with Gasteiger partial charge in [-0.2, -0.15) is 0 Å².